The molecule has 0 spiro atoms. The minimum absolute atomic E-state index is 0.123. The lowest BCUT2D eigenvalue weighted by molar-refractivity contribution is 0.827. The molecule has 0 radical (unpaired) electrons. The zero-order valence-corrected chi connectivity index (χ0v) is 12.1. The van der Waals surface area contributed by atoms with Crippen molar-refractivity contribution in [2.45, 2.75) is 13.5 Å². The number of nitroso groups, excluding NO2 is 1. The van der Waals surface area contributed by atoms with E-state index in [2.05, 4.69) is 32.8 Å². The van der Waals surface area contributed by atoms with Crippen LogP contribution in [0.15, 0.2) is 64.9 Å². The lowest BCUT2D eigenvalue weighted by atomic mass is 10.2. The number of nitrogens with one attached hydrogen (secondary N) is 1. The highest BCUT2D eigenvalue weighted by Gasteiger charge is 2.10. The standard InChI is InChI=1S/C16H15N5O/c1-12(20-22)18-19-16-17-14-9-5-6-10-15(14)21(16)11-13-7-3-2-4-8-13/h2-10H,11H2,1H3,(H,17,19)/b18-12+. The van der Waals surface area contributed by atoms with E-state index < -0.39 is 0 Å². The van der Waals surface area contributed by atoms with E-state index in [4.69, 9.17) is 0 Å². The molecule has 0 aliphatic heterocycles. The normalized spacial score (nSPS) is 11.6. The fraction of sp³-hybridized carbons (Fsp3) is 0.125. The Balaban J connectivity index is 2.03. The molecule has 0 amide bonds. The van der Waals surface area contributed by atoms with Gasteiger partial charge in [0.1, 0.15) is 0 Å². The van der Waals surface area contributed by atoms with E-state index in [0.29, 0.717) is 12.5 Å². The molecule has 0 aliphatic rings. The molecule has 22 heavy (non-hydrogen) atoms. The highest BCUT2D eigenvalue weighted by Crippen LogP contribution is 2.21. The second-order valence-electron chi connectivity index (χ2n) is 4.86. The third-order valence-corrected chi connectivity index (χ3v) is 3.29. The predicted molar refractivity (Wildman–Crippen MR) is 87.8 cm³/mol. The molecule has 3 rings (SSSR count). The van der Waals surface area contributed by atoms with Crippen molar-refractivity contribution in [3.8, 4) is 0 Å². The third kappa shape index (κ3) is 2.85. The predicted octanol–water partition coefficient (Wildman–Crippen LogP) is 3.60. The Hall–Kier alpha value is -3.02. The number of hydrogen-bond acceptors (Lipinski definition) is 4. The van der Waals surface area contributed by atoms with Crippen molar-refractivity contribution in [1.82, 2.24) is 9.55 Å². The van der Waals surface area contributed by atoms with Crippen molar-refractivity contribution in [2.24, 2.45) is 10.3 Å². The topological polar surface area (TPSA) is 71.6 Å². The smallest absolute Gasteiger partial charge is 0.225 e. The molecular weight excluding hydrogens is 278 g/mol. The fourth-order valence-electron chi connectivity index (χ4n) is 2.24. The summed E-state index contributed by atoms with van der Waals surface area (Å²) in [5.74, 6) is 0.700. The van der Waals surface area contributed by atoms with E-state index in [9.17, 15) is 4.91 Å². The molecule has 0 saturated carbocycles. The third-order valence-electron chi connectivity index (χ3n) is 3.29. The van der Waals surface area contributed by atoms with Gasteiger partial charge in [0.2, 0.25) is 5.95 Å². The maximum absolute atomic E-state index is 10.4. The number of nitrogens with zero attached hydrogens (tertiary/aromatic N) is 4. The van der Waals surface area contributed by atoms with Gasteiger partial charge in [0, 0.05) is 6.92 Å². The van der Waals surface area contributed by atoms with Crippen LogP contribution in [-0.4, -0.2) is 15.4 Å². The van der Waals surface area contributed by atoms with Crippen LogP contribution in [0.4, 0.5) is 5.95 Å². The Morgan fingerprint density at radius 2 is 1.86 bits per heavy atom. The van der Waals surface area contributed by atoms with E-state index in [1.54, 1.807) is 0 Å². The summed E-state index contributed by atoms with van der Waals surface area (Å²) in [4.78, 5) is 14.9. The number of amidine groups is 1. The molecule has 0 unspecified atom stereocenters. The number of benzene rings is 2. The molecule has 3 aromatic rings. The molecule has 2 aromatic carbocycles. The van der Waals surface area contributed by atoms with Gasteiger partial charge in [0.25, 0.3) is 0 Å². The number of hydrogen-bond donors (Lipinski definition) is 1. The first kappa shape index (κ1) is 13.9. The van der Waals surface area contributed by atoms with E-state index in [1.807, 2.05) is 47.0 Å². The first-order valence-electron chi connectivity index (χ1n) is 6.91. The van der Waals surface area contributed by atoms with Crippen LogP contribution < -0.4 is 5.43 Å². The SMILES string of the molecule is C/C(N=O)=N\Nc1nc2ccccc2n1Cc1ccccc1. The van der Waals surface area contributed by atoms with E-state index in [1.165, 1.54) is 6.92 Å². The van der Waals surface area contributed by atoms with Gasteiger partial charge in [-0.15, -0.1) is 4.91 Å². The maximum Gasteiger partial charge on any atom is 0.225 e. The van der Waals surface area contributed by atoms with Gasteiger partial charge in [0.05, 0.1) is 17.6 Å². The quantitative estimate of drug-likeness (QED) is 0.346. The van der Waals surface area contributed by atoms with Gasteiger partial charge in [-0.3, -0.25) is 0 Å². The Labute approximate surface area is 127 Å². The van der Waals surface area contributed by atoms with E-state index in [0.717, 1.165) is 16.6 Å². The van der Waals surface area contributed by atoms with Crippen LogP contribution in [0, 0.1) is 4.91 Å². The summed E-state index contributed by atoms with van der Waals surface area (Å²) in [5, 5.41) is 6.69. The Bertz CT molecular complexity index is 823. The van der Waals surface area contributed by atoms with Crippen LogP contribution in [0.1, 0.15) is 12.5 Å². The van der Waals surface area contributed by atoms with Crippen LogP contribution in [0.5, 0.6) is 0 Å². The van der Waals surface area contributed by atoms with Gasteiger partial charge in [-0.05, 0) is 22.9 Å². The van der Waals surface area contributed by atoms with Gasteiger partial charge in [-0.1, -0.05) is 42.5 Å². The number of hydrazone groups is 1. The van der Waals surface area contributed by atoms with E-state index >= 15 is 0 Å². The number of para-hydroxylation sites is 2. The van der Waals surface area contributed by atoms with Gasteiger partial charge in [0.15, 0.2) is 5.84 Å². The average molecular weight is 293 g/mol. The number of aromatic nitrogens is 2. The maximum atomic E-state index is 10.4. The van der Waals surface area contributed by atoms with Crippen LogP contribution in [0.2, 0.25) is 0 Å². The molecule has 1 aromatic heterocycles. The number of imidazole rings is 1. The van der Waals surface area contributed by atoms with Crippen LogP contribution in [0.25, 0.3) is 11.0 Å². The summed E-state index contributed by atoms with van der Waals surface area (Å²) >= 11 is 0. The molecule has 0 bridgehead atoms. The van der Waals surface area contributed by atoms with Gasteiger partial charge in [-0.2, -0.15) is 5.10 Å². The molecule has 0 aliphatic carbocycles. The summed E-state index contributed by atoms with van der Waals surface area (Å²) in [5.41, 5.74) is 5.84. The Morgan fingerprint density at radius 1 is 1.14 bits per heavy atom. The highest BCUT2D eigenvalue weighted by molar-refractivity contribution is 5.82. The van der Waals surface area contributed by atoms with Crippen molar-refractivity contribution < 1.29 is 0 Å². The lowest BCUT2D eigenvalue weighted by Crippen LogP contribution is -2.05. The van der Waals surface area contributed by atoms with Crippen LogP contribution in [0.3, 0.4) is 0 Å². The lowest BCUT2D eigenvalue weighted by Gasteiger charge is -2.08. The van der Waals surface area contributed by atoms with Crippen molar-refractivity contribution in [3.05, 3.63) is 65.1 Å². The average Bonchev–Trinajstić information content (AvgIpc) is 2.91. The number of rotatable bonds is 4. The molecule has 6 nitrogen and oxygen atoms in total. The van der Waals surface area contributed by atoms with Crippen LogP contribution >= 0.6 is 0 Å². The summed E-state index contributed by atoms with van der Waals surface area (Å²) < 4.78 is 2.02. The molecule has 110 valence electrons. The molecule has 0 saturated heterocycles. The van der Waals surface area contributed by atoms with Gasteiger partial charge < -0.3 is 4.57 Å². The van der Waals surface area contributed by atoms with Crippen LogP contribution in [-0.2, 0) is 6.54 Å². The zero-order chi connectivity index (χ0) is 15.4. The summed E-state index contributed by atoms with van der Waals surface area (Å²) in [6.45, 7) is 2.19. The fourth-order valence-corrected chi connectivity index (χ4v) is 2.24. The number of fused-ring (bicyclic) bond motifs is 1. The highest BCUT2D eigenvalue weighted by atomic mass is 16.3. The molecule has 0 fully saturated rings. The first-order chi connectivity index (χ1) is 10.8. The van der Waals surface area contributed by atoms with E-state index in [-0.39, 0.29) is 5.84 Å². The summed E-state index contributed by atoms with van der Waals surface area (Å²) in [7, 11) is 0. The van der Waals surface area contributed by atoms with Crippen molar-refractivity contribution in [1.29, 1.82) is 0 Å². The van der Waals surface area contributed by atoms with Crippen molar-refractivity contribution in [3.63, 3.8) is 0 Å². The Kier molecular flexibility index (Phi) is 3.91. The molecule has 6 heteroatoms. The van der Waals surface area contributed by atoms with Crippen molar-refractivity contribution >= 4 is 22.8 Å². The minimum atomic E-state index is 0.123. The minimum Gasteiger partial charge on any atom is -0.304 e. The second-order valence-corrected chi connectivity index (χ2v) is 4.86. The number of anilines is 1. The largest absolute Gasteiger partial charge is 0.304 e. The molecule has 1 heterocycles. The second kappa shape index (κ2) is 6.17. The Morgan fingerprint density at radius 3 is 2.64 bits per heavy atom. The first-order valence-corrected chi connectivity index (χ1v) is 6.91. The molecule has 0 atom stereocenters. The zero-order valence-electron chi connectivity index (χ0n) is 12.1. The molecule has 1 N–H and O–H groups in total. The van der Waals surface area contributed by atoms with Gasteiger partial charge in [-0.25, -0.2) is 10.4 Å². The summed E-state index contributed by atoms with van der Waals surface area (Å²) in [6, 6.07) is 17.9. The monoisotopic (exact) mass is 293 g/mol. The van der Waals surface area contributed by atoms with Gasteiger partial charge >= 0.3 is 0 Å². The summed E-state index contributed by atoms with van der Waals surface area (Å²) in [6.07, 6.45) is 0. The molecular formula is C16H15N5O. The van der Waals surface area contributed by atoms with Crippen molar-refractivity contribution in [2.75, 3.05) is 5.43 Å².